The standard InChI is InChI=1S/C13H8Cl3NO.C5H4Cl2N2.C2H3N/c14-10-4-1-8(2-5-10)11(18)7-9-3-6-12(15)17-13(9)16;6-4-2-1-3(8)5(7)9-4;1-2-3/h1-6H,7H2;1-2H,8H2;1H3. The minimum Gasteiger partial charge on any atom is -0.396 e. The topological polar surface area (TPSA) is 92.7 Å². The number of hydrogen-bond acceptors (Lipinski definition) is 5. The molecule has 2 heterocycles. The Morgan fingerprint density at radius 3 is 1.87 bits per heavy atom. The van der Waals surface area contributed by atoms with Crippen molar-refractivity contribution >= 4 is 69.5 Å². The molecule has 2 aromatic heterocycles. The first kappa shape index (κ1) is 26.0. The van der Waals surface area contributed by atoms with Crippen molar-refractivity contribution < 1.29 is 4.79 Å². The van der Waals surface area contributed by atoms with Crippen LogP contribution in [0.4, 0.5) is 5.69 Å². The number of anilines is 1. The van der Waals surface area contributed by atoms with Crippen LogP contribution < -0.4 is 5.73 Å². The van der Waals surface area contributed by atoms with Gasteiger partial charge >= 0.3 is 0 Å². The highest BCUT2D eigenvalue weighted by Crippen LogP contribution is 2.19. The lowest BCUT2D eigenvalue weighted by Gasteiger charge is -2.04. The van der Waals surface area contributed by atoms with Gasteiger partial charge in [0.25, 0.3) is 0 Å². The molecule has 3 aromatic rings. The second-order valence-electron chi connectivity index (χ2n) is 5.43. The van der Waals surface area contributed by atoms with Crippen LogP contribution in [0, 0.1) is 11.3 Å². The summed E-state index contributed by atoms with van der Waals surface area (Å²) in [6.45, 7) is 1.43. The lowest BCUT2D eigenvalue weighted by molar-refractivity contribution is 0.0993. The fourth-order valence-corrected chi connectivity index (χ4v) is 2.79. The smallest absolute Gasteiger partial charge is 0.167 e. The zero-order valence-electron chi connectivity index (χ0n) is 15.5. The highest BCUT2D eigenvalue weighted by atomic mass is 35.5. The van der Waals surface area contributed by atoms with Gasteiger partial charge in [-0.1, -0.05) is 64.1 Å². The molecule has 0 atom stereocenters. The Kier molecular flexibility index (Phi) is 11.5. The summed E-state index contributed by atoms with van der Waals surface area (Å²) in [7, 11) is 0. The second kappa shape index (κ2) is 13.3. The van der Waals surface area contributed by atoms with E-state index < -0.39 is 0 Å². The molecule has 1 aromatic carbocycles. The van der Waals surface area contributed by atoms with Crippen molar-refractivity contribution in [3.8, 4) is 6.07 Å². The van der Waals surface area contributed by atoms with Gasteiger partial charge in [-0.2, -0.15) is 5.26 Å². The van der Waals surface area contributed by atoms with Crippen LogP contribution in [0.3, 0.4) is 0 Å². The van der Waals surface area contributed by atoms with Gasteiger partial charge in [0.1, 0.15) is 15.5 Å². The van der Waals surface area contributed by atoms with Crippen LogP contribution in [0.1, 0.15) is 22.8 Å². The number of halogens is 5. The Balaban J connectivity index is 0.000000313. The fourth-order valence-electron chi connectivity index (χ4n) is 1.91. The van der Waals surface area contributed by atoms with Gasteiger partial charge in [-0.25, -0.2) is 9.97 Å². The summed E-state index contributed by atoms with van der Waals surface area (Å²) >= 11 is 28.3. The average Bonchev–Trinajstić information content (AvgIpc) is 2.69. The molecule has 3 rings (SSSR count). The zero-order chi connectivity index (χ0) is 22.7. The minimum absolute atomic E-state index is 0.0438. The molecule has 0 radical (unpaired) electrons. The molecule has 30 heavy (non-hydrogen) atoms. The first-order valence-corrected chi connectivity index (χ1v) is 10.0. The van der Waals surface area contributed by atoms with Gasteiger partial charge in [-0.05, 0) is 48.0 Å². The van der Waals surface area contributed by atoms with Crippen molar-refractivity contribution in [2.24, 2.45) is 0 Å². The Morgan fingerprint density at radius 2 is 1.40 bits per heavy atom. The van der Waals surface area contributed by atoms with E-state index in [4.69, 9.17) is 69.0 Å². The number of aromatic nitrogens is 2. The van der Waals surface area contributed by atoms with Crippen LogP contribution in [-0.2, 0) is 6.42 Å². The Hall–Kier alpha value is -2.07. The maximum absolute atomic E-state index is 12.0. The first-order valence-electron chi connectivity index (χ1n) is 8.16. The molecule has 0 saturated heterocycles. The van der Waals surface area contributed by atoms with Gasteiger partial charge < -0.3 is 5.73 Å². The van der Waals surface area contributed by atoms with Crippen molar-refractivity contribution in [2.45, 2.75) is 13.3 Å². The van der Waals surface area contributed by atoms with Crippen LogP contribution in [0.2, 0.25) is 25.6 Å². The van der Waals surface area contributed by atoms with E-state index in [-0.39, 0.29) is 22.5 Å². The highest BCUT2D eigenvalue weighted by molar-refractivity contribution is 6.34. The number of carbonyl (C=O) groups is 1. The molecule has 10 heteroatoms. The third kappa shape index (κ3) is 9.17. The van der Waals surface area contributed by atoms with E-state index in [1.54, 1.807) is 54.6 Å². The molecule has 0 saturated carbocycles. The summed E-state index contributed by atoms with van der Waals surface area (Å²) in [5.74, 6) is -0.0438. The molecule has 0 aliphatic rings. The fraction of sp³-hybridized carbons (Fsp3) is 0.100. The van der Waals surface area contributed by atoms with Crippen molar-refractivity contribution in [3.63, 3.8) is 0 Å². The minimum atomic E-state index is -0.0438. The van der Waals surface area contributed by atoms with Gasteiger partial charge in [0.05, 0.1) is 11.8 Å². The molecule has 156 valence electrons. The number of pyridine rings is 2. The Morgan fingerprint density at radius 1 is 0.900 bits per heavy atom. The number of nitrogens with zero attached hydrogens (tertiary/aromatic N) is 3. The SMILES string of the molecule is CC#N.Nc1ccc(Cl)nc1Cl.O=C(Cc1ccc(Cl)nc1Cl)c1ccc(Cl)cc1. The zero-order valence-corrected chi connectivity index (χ0v) is 19.3. The molecule has 2 N–H and O–H groups in total. The molecular weight excluding hydrogens is 490 g/mol. The monoisotopic (exact) mass is 502 g/mol. The van der Waals surface area contributed by atoms with E-state index in [1.165, 1.54) is 6.92 Å². The lowest BCUT2D eigenvalue weighted by atomic mass is 10.0. The number of rotatable bonds is 3. The average molecular weight is 505 g/mol. The van der Waals surface area contributed by atoms with Crippen molar-refractivity contribution in [1.82, 2.24) is 9.97 Å². The molecule has 0 amide bonds. The first-order chi connectivity index (χ1) is 14.2. The van der Waals surface area contributed by atoms with E-state index in [0.29, 0.717) is 32.1 Å². The molecular formula is C20H15Cl5N4O. The number of nitrogen functional groups attached to an aromatic ring is 1. The number of benzene rings is 1. The largest absolute Gasteiger partial charge is 0.396 e. The third-order valence-electron chi connectivity index (χ3n) is 3.25. The molecule has 5 nitrogen and oxygen atoms in total. The lowest BCUT2D eigenvalue weighted by Crippen LogP contribution is -2.04. The number of ketones is 1. The normalized spacial score (nSPS) is 9.37. The molecule has 0 unspecified atom stereocenters. The van der Waals surface area contributed by atoms with E-state index >= 15 is 0 Å². The van der Waals surface area contributed by atoms with Gasteiger partial charge in [0.15, 0.2) is 10.9 Å². The van der Waals surface area contributed by atoms with Gasteiger partial charge in [-0.15, -0.1) is 0 Å². The van der Waals surface area contributed by atoms with Crippen molar-refractivity contribution in [1.29, 1.82) is 5.26 Å². The van der Waals surface area contributed by atoms with E-state index in [2.05, 4.69) is 9.97 Å². The highest BCUT2D eigenvalue weighted by Gasteiger charge is 2.10. The van der Waals surface area contributed by atoms with E-state index in [0.717, 1.165) is 0 Å². The maximum Gasteiger partial charge on any atom is 0.167 e. The van der Waals surface area contributed by atoms with Crippen LogP contribution >= 0.6 is 58.0 Å². The quantitative estimate of drug-likeness (QED) is 0.307. The van der Waals surface area contributed by atoms with Gasteiger partial charge in [0.2, 0.25) is 0 Å². The summed E-state index contributed by atoms with van der Waals surface area (Å²) in [5.41, 5.74) is 7.02. The van der Waals surface area contributed by atoms with E-state index in [9.17, 15) is 4.79 Å². The Labute approximate surface area is 199 Å². The molecule has 0 fully saturated rings. The van der Waals surface area contributed by atoms with Gasteiger partial charge in [0, 0.05) is 23.9 Å². The van der Waals surface area contributed by atoms with Crippen molar-refractivity contribution in [2.75, 3.05) is 5.73 Å². The van der Waals surface area contributed by atoms with Crippen LogP contribution in [-0.4, -0.2) is 15.8 Å². The summed E-state index contributed by atoms with van der Waals surface area (Å²) in [6.07, 6.45) is 0.185. The second-order valence-corrected chi connectivity index (χ2v) is 7.36. The predicted molar refractivity (Wildman–Crippen MR) is 124 cm³/mol. The molecule has 0 aliphatic carbocycles. The maximum atomic E-state index is 12.0. The number of hydrogen-bond donors (Lipinski definition) is 1. The molecule has 0 aliphatic heterocycles. The van der Waals surface area contributed by atoms with Gasteiger partial charge in [-0.3, -0.25) is 4.79 Å². The number of nitriles is 1. The predicted octanol–water partition coefficient (Wildman–Crippen LogP) is 6.97. The molecule has 0 spiro atoms. The Bertz CT molecular complexity index is 1040. The third-order valence-corrected chi connectivity index (χ3v) is 4.56. The van der Waals surface area contributed by atoms with Crippen LogP contribution in [0.5, 0.6) is 0 Å². The van der Waals surface area contributed by atoms with Crippen LogP contribution in [0.15, 0.2) is 48.5 Å². The summed E-state index contributed by atoms with van der Waals surface area (Å²) in [6, 6.07) is 15.0. The number of nitrogens with two attached hydrogens (primary N) is 1. The van der Waals surface area contributed by atoms with E-state index in [1.807, 2.05) is 0 Å². The summed E-state index contributed by atoms with van der Waals surface area (Å²) in [5, 5.41) is 9.09. The summed E-state index contributed by atoms with van der Waals surface area (Å²) in [4.78, 5) is 19.6. The van der Waals surface area contributed by atoms with Crippen LogP contribution in [0.25, 0.3) is 0 Å². The number of Topliss-reactive ketones (excluding diaryl/α,β-unsaturated/α-hetero) is 1. The summed E-state index contributed by atoms with van der Waals surface area (Å²) < 4.78 is 0. The molecule has 0 bridgehead atoms. The number of carbonyl (C=O) groups excluding carboxylic acids is 1. The van der Waals surface area contributed by atoms with Crippen molar-refractivity contribution in [3.05, 3.63) is 85.3 Å².